The van der Waals surface area contributed by atoms with Gasteiger partial charge >= 0.3 is 0 Å². The zero-order valence-electron chi connectivity index (χ0n) is 12.1. The van der Waals surface area contributed by atoms with Gasteiger partial charge in [-0.25, -0.2) is 0 Å². The fourth-order valence-corrected chi connectivity index (χ4v) is 2.37. The summed E-state index contributed by atoms with van der Waals surface area (Å²) in [4.78, 5) is 0. The molecule has 0 amide bonds. The van der Waals surface area contributed by atoms with Gasteiger partial charge in [0.2, 0.25) is 0 Å². The van der Waals surface area contributed by atoms with E-state index in [1.165, 1.54) is 27.8 Å². The molecule has 0 saturated heterocycles. The van der Waals surface area contributed by atoms with E-state index in [2.05, 4.69) is 55.6 Å². The molecule has 0 bridgehead atoms. The van der Waals surface area contributed by atoms with E-state index < -0.39 is 0 Å². The highest BCUT2D eigenvalue weighted by molar-refractivity contribution is 5.70. The lowest BCUT2D eigenvalue weighted by molar-refractivity contribution is 0.411. The van der Waals surface area contributed by atoms with E-state index in [4.69, 9.17) is 4.74 Å². The highest BCUT2D eigenvalue weighted by Gasteiger charge is 2.07. The molecule has 0 radical (unpaired) electrons. The maximum Gasteiger partial charge on any atom is 0.122 e. The van der Waals surface area contributed by atoms with Crippen molar-refractivity contribution < 1.29 is 4.74 Å². The Morgan fingerprint density at radius 3 is 2.53 bits per heavy atom. The smallest absolute Gasteiger partial charge is 0.122 e. The first kappa shape index (κ1) is 13.6. The third-order valence-electron chi connectivity index (χ3n) is 3.36. The largest absolute Gasteiger partial charge is 0.496 e. The van der Waals surface area contributed by atoms with Crippen molar-refractivity contribution in [3.05, 3.63) is 53.1 Å². The third kappa shape index (κ3) is 2.96. The van der Waals surface area contributed by atoms with Crippen LogP contribution in [0, 0.1) is 13.8 Å². The van der Waals surface area contributed by atoms with Gasteiger partial charge in [0.25, 0.3) is 0 Å². The number of rotatable bonds is 4. The van der Waals surface area contributed by atoms with E-state index in [0.29, 0.717) is 0 Å². The number of benzene rings is 2. The molecule has 0 fully saturated rings. The Morgan fingerprint density at radius 1 is 1.05 bits per heavy atom. The number of methoxy groups -OCH3 is 1. The van der Waals surface area contributed by atoms with Crippen LogP contribution >= 0.6 is 0 Å². The molecule has 0 saturated carbocycles. The van der Waals surface area contributed by atoms with E-state index in [0.717, 1.165) is 12.3 Å². The Kier molecular flexibility index (Phi) is 4.23. The molecule has 0 aliphatic rings. The molecule has 1 N–H and O–H groups in total. The van der Waals surface area contributed by atoms with Crippen LogP contribution in [0.1, 0.15) is 16.7 Å². The minimum absolute atomic E-state index is 0.891. The highest BCUT2D eigenvalue weighted by Crippen LogP contribution is 2.30. The second-order valence-electron chi connectivity index (χ2n) is 4.87. The fraction of sp³-hybridized carbons (Fsp3) is 0.294. The number of nitrogens with one attached hydrogen (secondary N) is 1. The molecular formula is C17H21NO. The molecule has 2 rings (SSSR count). The van der Waals surface area contributed by atoms with Gasteiger partial charge in [-0.15, -0.1) is 0 Å². The lowest BCUT2D eigenvalue weighted by atomic mass is 9.96. The summed E-state index contributed by atoms with van der Waals surface area (Å²) in [6.45, 7) is 5.10. The zero-order chi connectivity index (χ0) is 13.8. The van der Waals surface area contributed by atoms with Gasteiger partial charge in [0.1, 0.15) is 5.75 Å². The summed E-state index contributed by atoms with van der Waals surface area (Å²) in [5.74, 6) is 0.952. The van der Waals surface area contributed by atoms with Crippen molar-refractivity contribution >= 4 is 0 Å². The van der Waals surface area contributed by atoms with Crippen LogP contribution in [0.25, 0.3) is 11.1 Å². The Bertz CT molecular complexity index is 575. The van der Waals surface area contributed by atoms with Crippen LogP contribution in [0.3, 0.4) is 0 Å². The van der Waals surface area contributed by atoms with Gasteiger partial charge in [0.05, 0.1) is 7.11 Å². The van der Waals surface area contributed by atoms with Crippen molar-refractivity contribution in [2.45, 2.75) is 20.4 Å². The van der Waals surface area contributed by atoms with Crippen molar-refractivity contribution in [2.75, 3.05) is 14.2 Å². The molecule has 0 atom stereocenters. The first-order valence-corrected chi connectivity index (χ1v) is 6.55. The topological polar surface area (TPSA) is 21.3 Å². The van der Waals surface area contributed by atoms with E-state index in [-0.39, 0.29) is 0 Å². The summed E-state index contributed by atoms with van der Waals surface area (Å²) < 4.78 is 5.37. The minimum Gasteiger partial charge on any atom is -0.496 e. The van der Waals surface area contributed by atoms with Gasteiger partial charge in [0, 0.05) is 6.54 Å². The molecule has 0 aromatic heterocycles. The second-order valence-corrected chi connectivity index (χ2v) is 4.87. The molecule has 0 aliphatic carbocycles. The van der Waals surface area contributed by atoms with Crippen molar-refractivity contribution in [1.82, 2.24) is 5.32 Å². The van der Waals surface area contributed by atoms with Crippen LogP contribution in [0.15, 0.2) is 36.4 Å². The maximum atomic E-state index is 5.37. The van der Waals surface area contributed by atoms with Crippen molar-refractivity contribution in [1.29, 1.82) is 0 Å². The summed E-state index contributed by atoms with van der Waals surface area (Å²) in [6, 6.07) is 13.0. The standard InChI is InChI=1S/C17H21NO/c1-12-9-17(19-4)13(2)8-16(12)15-7-5-6-14(10-15)11-18-3/h5-10,18H,11H2,1-4H3. The molecule has 2 aromatic carbocycles. The van der Waals surface area contributed by atoms with Crippen molar-refractivity contribution in [3.8, 4) is 16.9 Å². The number of ether oxygens (including phenoxy) is 1. The Hall–Kier alpha value is -1.80. The maximum absolute atomic E-state index is 5.37. The van der Waals surface area contributed by atoms with Gasteiger partial charge in [0.15, 0.2) is 0 Å². The lowest BCUT2D eigenvalue weighted by Crippen LogP contribution is -2.04. The monoisotopic (exact) mass is 255 g/mol. The van der Waals surface area contributed by atoms with Crippen LogP contribution in [0.4, 0.5) is 0 Å². The minimum atomic E-state index is 0.891. The van der Waals surface area contributed by atoms with Crippen LogP contribution in [0.2, 0.25) is 0 Å². The summed E-state index contributed by atoms with van der Waals surface area (Å²) in [7, 11) is 3.68. The van der Waals surface area contributed by atoms with Crippen LogP contribution in [-0.2, 0) is 6.54 Å². The molecule has 19 heavy (non-hydrogen) atoms. The molecule has 0 spiro atoms. The lowest BCUT2D eigenvalue weighted by Gasteiger charge is -2.12. The molecule has 2 heteroatoms. The molecule has 0 heterocycles. The Labute approximate surface area is 115 Å². The SMILES string of the molecule is CNCc1cccc(-c2cc(C)c(OC)cc2C)c1. The predicted octanol–water partition coefficient (Wildman–Crippen LogP) is 3.70. The van der Waals surface area contributed by atoms with Gasteiger partial charge in [-0.1, -0.05) is 18.2 Å². The van der Waals surface area contributed by atoms with E-state index in [9.17, 15) is 0 Å². The van der Waals surface area contributed by atoms with E-state index in [1.54, 1.807) is 7.11 Å². The van der Waals surface area contributed by atoms with E-state index in [1.807, 2.05) is 7.05 Å². The van der Waals surface area contributed by atoms with Crippen LogP contribution < -0.4 is 10.1 Å². The number of hydrogen-bond acceptors (Lipinski definition) is 2. The van der Waals surface area contributed by atoms with Gasteiger partial charge < -0.3 is 10.1 Å². The van der Waals surface area contributed by atoms with Crippen molar-refractivity contribution in [2.24, 2.45) is 0 Å². The van der Waals surface area contributed by atoms with Gasteiger partial charge in [-0.3, -0.25) is 0 Å². The summed E-state index contributed by atoms with van der Waals surface area (Å²) in [6.07, 6.45) is 0. The zero-order valence-corrected chi connectivity index (χ0v) is 12.1. The average molecular weight is 255 g/mol. The Balaban J connectivity index is 2.46. The highest BCUT2D eigenvalue weighted by atomic mass is 16.5. The first-order valence-electron chi connectivity index (χ1n) is 6.55. The van der Waals surface area contributed by atoms with Crippen molar-refractivity contribution in [3.63, 3.8) is 0 Å². The first-order chi connectivity index (χ1) is 9.15. The molecule has 0 aliphatic heterocycles. The molecule has 2 aromatic rings. The van der Waals surface area contributed by atoms with Crippen LogP contribution in [0.5, 0.6) is 5.75 Å². The third-order valence-corrected chi connectivity index (χ3v) is 3.36. The summed E-state index contributed by atoms with van der Waals surface area (Å²) in [5, 5.41) is 3.19. The molecule has 0 unspecified atom stereocenters. The molecule has 100 valence electrons. The Morgan fingerprint density at radius 2 is 1.84 bits per heavy atom. The molecule has 2 nitrogen and oxygen atoms in total. The van der Waals surface area contributed by atoms with Gasteiger partial charge in [-0.05, 0) is 66.9 Å². The summed E-state index contributed by atoms with van der Waals surface area (Å²) >= 11 is 0. The average Bonchev–Trinajstić information content (AvgIpc) is 2.41. The number of aryl methyl sites for hydroxylation is 2. The quantitative estimate of drug-likeness (QED) is 0.899. The van der Waals surface area contributed by atoms with E-state index >= 15 is 0 Å². The molecular weight excluding hydrogens is 234 g/mol. The summed E-state index contributed by atoms with van der Waals surface area (Å²) in [5.41, 5.74) is 6.24. The normalized spacial score (nSPS) is 10.5. The van der Waals surface area contributed by atoms with Crippen LogP contribution in [-0.4, -0.2) is 14.2 Å². The van der Waals surface area contributed by atoms with Gasteiger partial charge in [-0.2, -0.15) is 0 Å². The fourth-order valence-electron chi connectivity index (χ4n) is 2.37. The second kappa shape index (κ2) is 5.89. The number of hydrogen-bond donors (Lipinski definition) is 1. The predicted molar refractivity (Wildman–Crippen MR) is 80.7 cm³/mol.